The van der Waals surface area contributed by atoms with Gasteiger partial charge in [0.15, 0.2) is 0 Å². The Kier molecular flexibility index (Phi) is 5.57. The molecule has 3 aromatic rings. The number of aromatic nitrogens is 2. The fraction of sp³-hybridized carbons (Fsp3) is 0.484. The average Bonchev–Trinajstić information content (AvgIpc) is 3.51. The Balaban J connectivity index is 1.11. The first-order chi connectivity index (χ1) is 19.2. The van der Waals surface area contributed by atoms with Crippen molar-refractivity contribution >= 4 is 34.2 Å². The number of hydrogen-bond acceptors (Lipinski definition) is 5. The second kappa shape index (κ2) is 9.30. The van der Waals surface area contributed by atoms with Gasteiger partial charge in [0.25, 0.3) is 5.91 Å². The van der Waals surface area contributed by atoms with Crippen molar-refractivity contribution in [2.75, 3.05) is 24.5 Å². The summed E-state index contributed by atoms with van der Waals surface area (Å²) in [5.41, 5.74) is 3.87. The van der Waals surface area contributed by atoms with Gasteiger partial charge < -0.3 is 4.90 Å². The molecular formula is C31H35N5O3. The number of rotatable bonds is 6. The highest BCUT2D eigenvalue weighted by atomic mass is 16.2. The predicted molar refractivity (Wildman–Crippen MR) is 149 cm³/mol. The molecule has 1 N–H and O–H groups in total. The molecule has 3 amide bonds. The van der Waals surface area contributed by atoms with E-state index in [9.17, 15) is 15.8 Å². The molecule has 7 rings (SSSR count). The number of carbonyl (C=O) groups excluding carboxylic acids is 3. The third kappa shape index (κ3) is 4.25. The van der Waals surface area contributed by atoms with Crippen LogP contribution in [0, 0.1) is 5.41 Å². The molecule has 4 aliphatic rings. The predicted octanol–water partition coefficient (Wildman–Crippen LogP) is 4.22. The fourth-order valence-corrected chi connectivity index (χ4v) is 6.98. The number of nitrogens with one attached hydrogen (secondary N) is 1. The van der Waals surface area contributed by atoms with Crippen LogP contribution < -0.4 is 10.2 Å². The molecule has 3 fully saturated rings. The van der Waals surface area contributed by atoms with E-state index in [4.69, 9.17) is 0 Å². The first-order valence-corrected chi connectivity index (χ1v) is 14.2. The quantitative estimate of drug-likeness (QED) is 0.486. The van der Waals surface area contributed by atoms with Crippen LogP contribution in [0.5, 0.6) is 0 Å². The van der Waals surface area contributed by atoms with Gasteiger partial charge in [0.05, 0.1) is 19.3 Å². The standard InChI is InChI=1S/C31H35N5O3/c1-31(12-3-13-31)19-34-14-10-22(11-15-34)35-18-20(17-32-35)16-21-6-7-25-28-23(21)4-2-5-24(28)30(39)36(25)26-8-9-27(37)33-29(26)38/h2,4-7,17-18,22,26H,3,8-16,19H2,1H3,(H,33,37,38)/i22D. The van der Waals surface area contributed by atoms with Crippen molar-refractivity contribution in [1.29, 1.82) is 0 Å². The van der Waals surface area contributed by atoms with E-state index in [1.807, 2.05) is 47.4 Å². The third-order valence-corrected chi connectivity index (χ3v) is 9.29. The Morgan fingerprint density at radius 2 is 1.92 bits per heavy atom. The lowest BCUT2D eigenvalue weighted by atomic mass is 9.70. The van der Waals surface area contributed by atoms with Crippen LogP contribution in [0.25, 0.3) is 10.8 Å². The molecule has 0 spiro atoms. The van der Waals surface area contributed by atoms with Crippen molar-refractivity contribution in [3.05, 3.63) is 59.4 Å². The number of amides is 3. The SMILES string of the molecule is [2H]C1(n2cc(Cc3ccc4c5c(cccc35)C(=O)N4C3CCC(=O)NC3=O)cn2)CCN(CC2(C)CCC2)CC1. The smallest absolute Gasteiger partial charge is 0.259 e. The van der Waals surface area contributed by atoms with Gasteiger partial charge in [-0.25, -0.2) is 0 Å². The molecule has 1 aliphatic carbocycles. The van der Waals surface area contributed by atoms with Gasteiger partial charge >= 0.3 is 0 Å². The number of imide groups is 1. The molecule has 202 valence electrons. The van der Waals surface area contributed by atoms with Gasteiger partial charge in [-0.3, -0.25) is 29.3 Å². The molecule has 2 saturated heterocycles. The van der Waals surface area contributed by atoms with Gasteiger partial charge in [-0.2, -0.15) is 5.10 Å². The molecule has 3 aliphatic heterocycles. The Labute approximate surface area is 229 Å². The number of hydrogen-bond donors (Lipinski definition) is 1. The lowest BCUT2D eigenvalue weighted by Gasteiger charge is -2.44. The zero-order chi connectivity index (χ0) is 27.6. The highest BCUT2D eigenvalue weighted by Gasteiger charge is 2.41. The van der Waals surface area contributed by atoms with Gasteiger partial charge in [-0.05, 0) is 66.2 Å². The Hall–Kier alpha value is -3.52. The number of anilines is 1. The molecule has 8 nitrogen and oxygen atoms in total. The van der Waals surface area contributed by atoms with E-state index in [0.717, 1.165) is 60.1 Å². The largest absolute Gasteiger partial charge is 0.303 e. The molecular weight excluding hydrogens is 490 g/mol. The summed E-state index contributed by atoms with van der Waals surface area (Å²) in [6.07, 6.45) is 10.6. The van der Waals surface area contributed by atoms with E-state index in [1.165, 1.54) is 19.3 Å². The maximum absolute atomic E-state index is 13.4. The van der Waals surface area contributed by atoms with Crippen LogP contribution in [0.4, 0.5) is 5.69 Å². The van der Waals surface area contributed by atoms with E-state index in [2.05, 4.69) is 22.2 Å². The molecule has 1 unspecified atom stereocenters. The lowest BCUT2D eigenvalue weighted by Crippen LogP contribution is -2.53. The topological polar surface area (TPSA) is 87.5 Å². The second-order valence-electron chi connectivity index (χ2n) is 12.1. The summed E-state index contributed by atoms with van der Waals surface area (Å²) >= 11 is 0. The van der Waals surface area contributed by atoms with Crippen LogP contribution in [-0.2, 0) is 16.0 Å². The molecule has 1 atom stereocenters. The van der Waals surface area contributed by atoms with Crippen molar-refractivity contribution in [2.45, 2.75) is 70.4 Å². The summed E-state index contributed by atoms with van der Waals surface area (Å²) in [6, 6.07) is 8.23. The maximum atomic E-state index is 13.4. The summed E-state index contributed by atoms with van der Waals surface area (Å²) in [5, 5.41) is 8.85. The van der Waals surface area contributed by atoms with Crippen molar-refractivity contribution in [1.82, 2.24) is 20.0 Å². The van der Waals surface area contributed by atoms with Gasteiger partial charge in [0.1, 0.15) is 6.04 Å². The van der Waals surface area contributed by atoms with E-state index < -0.39 is 18.0 Å². The molecule has 39 heavy (non-hydrogen) atoms. The zero-order valence-electron chi connectivity index (χ0n) is 23.4. The van der Waals surface area contributed by atoms with Gasteiger partial charge in [-0.15, -0.1) is 0 Å². The first kappa shape index (κ1) is 23.4. The molecule has 0 bridgehead atoms. The first-order valence-electron chi connectivity index (χ1n) is 14.7. The Bertz CT molecular complexity index is 1530. The fourth-order valence-electron chi connectivity index (χ4n) is 6.98. The molecule has 1 saturated carbocycles. The van der Waals surface area contributed by atoms with Gasteiger partial charge in [-0.1, -0.05) is 31.5 Å². The summed E-state index contributed by atoms with van der Waals surface area (Å²) in [6.45, 7) is 5.39. The van der Waals surface area contributed by atoms with Crippen LogP contribution in [0.1, 0.15) is 80.7 Å². The maximum Gasteiger partial charge on any atom is 0.259 e. The van der Waals surface area contributed by atoms with Crippen LogP contribution >= 0.6 is 0 Å². The summed E-state index contributed by atoms with van der Waals surface area (Å²) in [4.78, 5) is 41.8. The van der Waals surface area contributed by atoms with Gasteiger partial charge in [0, 0.05) is 49.6 Å². The van der Waals surface area contributed by atoms with Crippen LogP contribution in [0.2, 0.25) is 0 Å². The molecule has 1 aromatic heterocycles. The molecule has 4 heterocycles. The van der Waals surface area contributed by atoms with Crippen molar-refractivity contribution in [2.24, 2.45) is 5.41 Å². The van der Waals surface area contributed by atoms with E-state index in [1.54, 1.807) is 4.90 Å². The van der Waals surface area contributed by atoms with E-state index in [-0.39, 0.29) is 18.2 Å². The number of nitrogens with zero attached hydrogens (tertiary/aromatic N) is 4. The van der Waals surface area contributed by atoms with Crippen molar-refractivity contribution < 1.29 is 15.8 Å². The Morgan fingerprint density at radius 3 is 2.67 bits per heavy atom. The normalized spacial score (nSPS) is 24.5. The summed E-state index contributed by atoms with van der Waals surface area (Å²) in [7, 11) is 0. The number of carbonyl (C=O) groups is 3. The van der Waals surface area contributed by atoms with Crippen LogP contribution in [0.3, 0.4) is 0 Å². The number of piperidine rings is 2. The Morgan fingerprint density at radius 1 is 1.10 bits per heavy atom. The highest BCUT2D eigenvalue weighted by Crippen LogP contribution is 2.42. The van der Waals surface area contributed by atoms with Crippen LogP contribution in [0.15, 0.2) is 42.7 Å². The monoisotopic (exact) mass is 526 g/mol. The van der Waals surface area contributed by atoms with Crippen molar-refractivity contribution in [3.63, 3.8) is 0 Å². The van der Waals surface area contributed by atoms with Crippen LogP contribution in [-0.4, -0.2) is 58.1 Å². The minimum absolute atomic E-state index is 0.200. The zero-order valence-corrected chi connectivity index (χ0v) is 22.4. The summed E-state index contributed by atoms with van der Waals surface area (Å²) < 4.78 is 11.0. The van der Waals surface area contributed by atoms with E-state index >= 15 is 0 Å². The van der Waals surface area contributed by atoms with Crippen molar-refractivity contribution in [3.8, 4) is 0 Å². The second-order valence-corrected chi connectivity index (χ2v) is 12.1. The third-order valence-electron chi connectivity index (χ3n) is 9.29. The summed E-state index contributed by atoms with van der Waals surface area (Å²) in [5.74, 6) is -0.919. The average molecular weight is 527 g/mol. The minimum Gasteiger partial charge on any atom is -0.303 e. The molecule has 8 heteroatoms. The lowest BCUT2D eigenvalue weighted by molar-refractivity contribution is -0.134. The van der Waals surface area contributed by atoms with E-state index in [0.29, 0.717) is 23.8 Å². The highest BCUT2D eigenvalue weighted by molar-refractivity contribution is 6.27. The number of likely N-dealkylation sites (tertiary alicyclic amines) is 1. The molecule has 0 radical (unpaired) electrons. The van der Waals surface area contributed by atoms with Gasteiger partial charge in [0.2, 0.25) is 11.8 Å². The minimum atomic E-state index is -0.730. The number of benzene rings is 2. The molecule has 2 aromatic carbocycles.